The molecule has 1 amide bonds. The normalized spacial score (nSPS) is 17.4. The Morgan fingerprint density at radius 1 is 1.43 bits per heavy atom. The maximum Gasteiger partial charge on any atom is 0.233 e. The topological polar surface area (TPSA) is 50.4 Å². The van der Waals surface area contributed by atoms with Gasteiger partial charge < -0.3 is 15.4 Å². The quantitative estimate of drug-likeness (QED) is 0.794. The number of benzene rings is 1. The molecule has 0 saturated carbocycles. The van der Waals surface area contributed by atoms with Gasteiger partial charge in [-0.2, -0.15) is 0 Å². The summed E-state index contributed by atoms with van der Waals surface area (Å²) in [7, 11) is 1.66. The van der Waals surface area contributed by atoms with Crippen molar-refractivity contribution < 1.29 is 9.53 Å². The van der Waals surface area contributed by atoms with Crippen LogP contribution >= 0.6 is 11.8 Å². The molecule has 0 radical (unpaired) electrons. The molecular weight excluding hydrogens is 284 g/mol. The van der Waals surface area contributed by atoms with Crippen LogP contribution in [-0.4, -0.2) is 38.5 Å². The number of anilines is 1. The summed E-state index contributed by atoms with van der Waals surface area (Å²) in [6, 6.07) is 8.03. The van der Waals surface area contributed by atoms with Crippen molar-refractivity contribution in [3.63, 3.8) is 0 Å². The fraction of sp³-hybridized carbons (Fsp3) is 0.562. The molecule has 1 saturated heterocycles. The molecule has 1 aliphatic rings. The van der Waals surface area contributed by atoms with Crippen LogP contribution in [0, 0.1) is 5.41 Å². The Balaban J connectivity index is 2.09. The first-order valence-corrected chi connectivity index (χ1v) is 8.43. The lowest BCUT2D eigenvalue weighted by atomic mass is 9.78. The third kappa shape index (κ3) is 4.22. The number of nitrogens with one attached hydrogen (secondary N) is 2. The molecule has 1 heterocycles. The van der Waals surface area contributed by atoms with Crippen LogP contribution in [0.2, 0.25) is 0 Å². The Labute approximate surface area is 131 Å². The predicted molar refractivity (Wildman–Crippen MR) is 87.9 cm³/mol. The summed E-state index contributed by atoms with van der Waals surface area (Å²) in [6.07, 6.45) is 1.63. The molecule has 2 N–H and O–H groups in total. The second kappa shape index (κ2) is 7.82. The third-order valence-electron chi connectivity index (χ3n) is 3.87. The minimum absolute atomic E-state index is 0.0736. The van der Waals surface area contributed by atoms with E-state index in [9.17, 15) is 4.79 Å². The first-order valence-electron chi connectivity index (χ1n) is 7.44. The van der Waals surface area contributed by atoms with E-state index in [4.69, 9.17) is 4.74 Å². The van der Waals surface area contributed by atoms with Crippen molar-refractivity contribution in [2.75, 3.05) is 37.9 Å². The smallest absolute Gasteiger partial charge is 0.233 e. The Kier molecular flexibility index (Phi) is 6.08. The number of carbonyl (C=O) groups excluding carboxylic acids is 1. The molecule has 116 valence electrons. The largest absolute Gasteiger partial charge is 0.384 e. The van der Waals surface area contributed by atoms with Gasteiger partial charge in [-0.15, -0.1) is 11.8 Å². The van der Waals surface area contributed by atoms with Crippen LogP contribution in [0.3, 0.4) is 0 Å². The zero-order chi connectivity index (χ0) is 15.1. The van der Waals surface area contributed by atoms with Gasteiger partial charge in [0.15, 0.2) is 0 Å². The van der Waals surface area contributed by atoms with Gasteiger partial charge in [-0.25, -0.2) is 0 Å². The van der Waals surface area contributed by atoms with E-state index in [0.717, 1.165) is 37.4 Å². The highest BCUT2D eigenvalue weighted by Gasteiger charge is 2.39. The van der Waals surface area contributed by atoms with Gasteiger partial charge in [-0.1, -0.05) is 13.0 Å². The minimum atomic E-state index is -0.409. The summed E-state index contributed by atoms with van der Waals surface area (Å²) in [5, 5.41) is 6.38. The minimum Gasteiger partial charge on any atom is -0.384 e. The zero-order valence-corrected chi connectivity index (χ0v) is 13.6. The SMILES string of the molecule is CCSc1cccc(NC(=O)C2(COC)CCNCC2)c1. The van der Waals surface area contributed by atoms with Crippen LogP contribution in [0.5, 0.6) is 0 Å². The van der Waals surface area contributed by atoms with E-state index >= 15 is 0 Å². The molecule has 0 aliphatic carbocycles. The first kappa shape index (κ1) is 16.3. The van der Waals surface area contributed by atoms with Crippen LogP contribution < -0.4 is 10.6 Å². The average Bonchev–Trinajstić information content (AvgIpc) is 2.49. The number of hydrogen-bond acceptors (Lipinski definition) is 4. The first-order chi connectivity index (χ1) is 10.2. The number of methoxy groups -OCH3 is 1. The molecule has 2 rings (SSSR count). The summed E-state index contributed by atoms with van der Waals surface area (Å²) in [5.74, 6) is 1.10. The molecule has 21 heavy (non-hydrogen) atoms. The molecule has 1 fully saturated rings. The summed E-state index contributed by atoms with van der Waals surface area (Å²) in [4.78, 5) is 13.9. The molecule has 5 heteroatoms. The van der Waals surface area contributed by atoms with Crippen molar-refractivity contribution in [2.45, 2.75) is 24.7 Å². The van der Waals surface area contributed by atoms with Crippen LogP contribution in [0.1, 0.15) is 19.8 Å². The summed E-state index contributed by atoms with van der Waals surface area (Å²) >= 11 is 1.78. The molecule has 0 unspecified atom stereocenters. The Hall–Kier alpha value is -1.04. The van der Waals surface area contributed by atoms with Crippen molar-refractivity contribution in [3.05, 3.63) is 24.3 Å². The Morgan fingerprint density at radius 3 is 2.86 bits per heavy atom. The number of rotatable bonds is 6. The number of piperidine rings is 1. The number of amides is 1. The second-order valence-corrected chi connectivity index (χ2v) is 6.72. The van der Waals surface area contributed by atoms with Crippen LogP contribution in [0.4, 0.5) is 5.69 Å². The summed E-state index contributed by atoms with van der Waals surface area (Å²) < 4.78 is 5.31. The van der Waals surface area contributed by atoms with Gasteiger partial charge in [-0.05, 0) is 49.9 Å². The molecule has 1 aromatic rings. The van der Waals surface area contributed by atoms with Gasteiger partial charge in [0.2, 0.25) is 5.91 Å². The molecule has 0 atom stereocenters. The standard InChI is InChI=1S/C16H24N2O2S/c1-3-21-14-6-4-5-13(11-14)18-15(19)16(12-20-2)7-9-17-10-8-16/h4-6,11,17H,3,7-10,12H2,1-2H3,(H,18,19). The van der Waals surface area contributed by atoms with Crippen LogP contribution in [-0.2, 0) is 9.53 Å². The van der Waals surface area contributed by atoms with E-state index in [1.165, 1.54) is 4.90 Å². The highest BCUT2D eigenvalue weighted by molar-refractivity contribution is 7.99. The maximum absolute atomic E-state index is 12.7. The van der Waals surface area contributed by atoms with E-state index in [1.807, 2.05) is 18.2 Å². The molecular formula is C16H24N2O2S. The molecule has 0 aromatic heterocycles. The predicted octanol–water partition coefficient (Wildman–Crippen LogP) is 2.75. The van der Waals surface area contributed by atoms with Crippen molar-refractivity contribution in [3.8, 4) is 0 Å². The highest BCUT2D eigenvalue weighted by Crippen LogP contribution is 2.31. The van der Waals surface area contributed by atoms with Crippen LogP contribution in [0.25, 0.3) is 0 Å². The van der Waals surface area contributed by atoms with Crippen molar-refractivity contribution in [1.82, 2.24) is 5.32 Å². The number of carbonyl (C=O) groups is 1. The second-order valence-electron chi connectivity index (χ2n) is 5.38. The zero-order valence-electron chi connectivity index (χ0n) is 12.8. The van der Waals surface area contributed by atoms with Gasteiger partial charge >= 0.3 is 0 Å². The van der Waals surface area contributed by atoms with Gasteiger partial charge in [0.1, 0.15) is 0 Å². The van der Waals surface area contributed by atoms with Crippen LogP contribution in [0.15, 0.2) is 29.2 Å². The molecule has 0 bridgehead atoms. The van der Waals surface area contributed by atoms with E-state index in [-0.39, 0.29) is 5.91 Å². The summed E-state index contributed by atoms with van der Waals surface area (Å²) in [6.45, 7) is 4.33. The molecule has 0 spiro atoms. The van der Waals surface area contributed by atoms with Gasteiger partial charge in [-0.3, -0.25) is 4.79 Å². The molecule has 4 nitrogen and oxygen atoms in total. The lowest BCUT2D eigenvalue weighted by molar-refractivity contribution is -0.130. The highest BCUT2D eigenvalue weighted by atomic mass is 32.2. The van der Waals surface area contributed by atoms with Crippen molar-refractivity contribution in [1.29, 1.82) is 0 Å². The molecule has 1 aliphatic heterocycles. The van der Waals surface area contributed by atoms with E-state index in [1.54, 1.807) is 18.9 Å². The molecule has 1 aromatic carbocycles. The third-order valence-corrected chi connectivity index (χ3v) is 4.74. The number of ether oxygens (including phenoxy) is 1. The van der Waals surface area contributed by atoms with E-state index < -0.39 is 5.41 Å². The van der Waals surface area contributed by atoms with E-state index in [0.29, 0.717) is 6.61 Å². The van der Waals surface area contributed by atoms with Crippen molar-refractivity contribution >= 4 is 23.4 Å². The number of hydrogen-bond donors (Lipinski definition) is 2. The Morgan fingerprint density at radius 2 is 2.19 bits per heavy atom. The van der Waals surface area contributed by atoms with E-state index in [2.05, 4.69) is 23.6 Å². The van der Waals surface area contributed by atoms with Gasteiger partial charge in [0.25, 0.3) is 0 Å². The lowest BCUT2D eigenvalue weighted by Gasteiger charge is -2.35. The Bertz CT molecular complexity index is 468. The lowest BCUT2D eigenvalue weighted by Crippen LogP contribution is -2.47. The van der Waals surface area contributed by atoms with Gasteiger partial charge in [0, 0.05) is 17.7 Å². The fourth-order valence-corrected chi connectivity index (χ4v) is 3.43. The van der Waals surface area contributed by atoms with Crippen molar-refractivity contribution in [2.24, 2.45) is 5.41 Å². The maximum atomic E-state index is 12.7. The summed E-state index contributed by atoms with van der Waals surface area (Å²) in [5.41, 5.74) is 0.459. The monoisotopic (exact) mass is 308 g/mol. The fourth-order valence-electron chi connectivity index (χ4n) is 2.71. The number of thioether (sulfide) groups is 1. The van der Waals surface area contributed by atoms with Gasteiger partial charge in [0.05, 0.1) is 12.0 Å². The average molecular weight is 308 g/mol.